The summed E-state index contributed by atoms with van der Waals surface area (Å²) in [5, 5.41) is 10.6. The van der Waals surface area contributed by atoms with Gasteiger partial charge in [-0.05, 0) is 30.9 Å². The number of benzene rings is 1. The van der Waals surface area contributed by atoms with Crippen LogP contribution in [0.1, 0.15) is 50.2 Å². The van der Waals surface area contributed by atoms with Crippen molar-refractivity contribution in [1.82, 2.24) is 0 Å². The first kappa shape index (κ1) is 14.2. The Balaban J connectivity index is 2.19. The Kier molecular flexibility index (Phi) is 5.08. The van der Waals surface area contributed by atoms with Gasteiger partial charge in [-0.15, -0.1) is 0 Å². The number of aliphatic hydroxyl groups is 1. The maximum atomic E-state index is 10.6. The molecule has 0 aliphatic heterocycles. The molecule has 0 radical (unpaired) electrons. The SMILES string of the molecule is COc1ccc(C(O)C2CCCCCC2)c(OC)c1. The third-order valence-electron chi connectivity index (χ3n) is 4.11. The highest BCUT2D eigenvalue weighted by Gasteiger charge is 2.24. The maximum Gasteiger partial charge on any atom is 0.128 e. The van der Waals surface area contributed by atoms with Gasteiger partial charge in [-0.3, -0.25) is 0 Å². The van der Waals surface area contributed by atoms with Gasteiger partial charge in [-0.1, -0.05) is 25.7 Å². The van der Waals surface area contributed by atoms with E-state index in [1.54, 1.807) is 14.2 Å². The van der Waals surface area contributed by atoms with E-state index in [4.69, 9.17) is 9.47 Å². The highest BCUT2D eigenvalue weighted by molar-refractivity contribution is 5.42. The van der Waals surface area contributed by atoms with Crippen LogP contribution >= 0.6 is 0 Å². The van der Waals surface area contributed by atoms with E-state index in [-0.39, 0.29) is 0 Å². The lowest BCUT2D eigenvalue weighted by molar-refractivity contribution is 0.0960. The van der Waals surface area contributed by atoms with Gasteiger partial charge >= 0.3 is 0 Å². The van der Waals surface area contributed by atoms with Crippen LogP contribution in [0.15, 0.2) is 18.2 Å². The number of ether oxygens (including phenoxy) is 2. The summed E-state index contributed by atoms with van der Waals surface area (Å²) < 4.78 is 10.6. The second kappa shape index (κ2) is 6.80. The molecule has 1 aliphatic rings. The number of hydrogen-bond acceptors (Lipinski definition) is 3. The Morgan fingerprint density at radius 3 is 2.32 bits per heavy atom. The predicted molar refractivity (Wildman–Crippen MR) is 75.7 cm³/mol. The van der Waals surface area contributed by atoms with Crippen molar-refractivity contribution in [2.24, 2.45) is 5.92 Å². The van der Waals surface area contributed by atoms with Gasteiger partial charge in [0.05, 0.1) is 20.3 Å². The number of aliphatic hydroxyl groups excluding tert-OH is 1. The first-order valence-electron chi connectivity index (χ1n) is 7.16. The van der Waals surface area contributed by atoms with Gasteiger partial charge in [0.25, 0.3) is 0 Å². The Morgan fingerprint density at radius 1 is 1.05 bits per heavy atom. The van der Waals surface area contributed by atoms with Gasteiger partial charge in [0, 0.05) is 11.6 Å². The van der Waals surface area contributed by atoms with E-state index < -0.39 is 6.10 Å². The van der Waals surface area contributed by atoms with Crippen molar-refractivity contribution in [2.45, 2.75) is 44.6 Å². The summed E-state index contributed by atoms with van der Waals surface area (Å²) in [5.41, 5.74) is 0.884. The van der Waals surface area contributed by atoms with E-state index in [1.165, 1.54) is 25.7 Å². The molecule has 0 bridgehead atoms. The monoisotopic (exact) mass is 264 g/mol. The van der Waals surface area contributed by atoms with Crippen LogP contribution < -0.4 is 9.47 Å². The molecule has 1 fully saturated rings. The Bertz CT molecular complexity index is 395. The van der Waals surface area contributed by atoms with Gasteiger partial charge in [0.15, 0.2) is 0 Å². The van der Waals surface area contributed by atoms with Gasteiger partial charge in [0.1, 0.15) is 11.5 Å². The first-order chi connectivity index (χ1) is 9.26. The number of hydrogen-bond donors (Lipinski definition) is 1. The standard InChI is InChI=1S/C16H24O3/c1-18-13-9-10-14(15(11-13)19-2)16(17)12-7-5-3-4-6-8-12/h9-12,16-17H,3-8H2,1-2H3. The lowest BCUT2D eigenvalue weighted by atomic mass is 9.89. The third-order valence-corrected chi connectivity index (χ3v) is 4.11. The average molecular weight is 264 g/mol. The number of methoxy groups -OCH3 is 2. The van der Waals surface area contributed by atoms with E-state index >= 15 is 0 Å². The first-order valence-corrected chi connectivity index (χ1v) is 7.16. The van der Waals surface area contributed by atoms with Crippen molar-refractivity contribution in [3.63, 3.8) is 0 Å². The lowest BCUT2D eigenvalue weighted by Crippen LogP contribution is -2.13. The van der Waals surface area contributed by atoms with Crippen LogP contribution in [0.4, 0.5) is 0 Å². The van der Waals surface area contributed by atoms with Crippen molar-refractivity contribution >= 4 is 0 Å². The van der Waals surface area contributed by atoms with Crippen LogP contribution in [0, 0.1) is 5.92 Å². The quantitative estimate of drug-likeness (QED) is 0.843. The molecule has 0 heterocycles. The van der Waals surface area contributed by atoms with E-state index in [1.807, 2.05) is 18.2 Å². The summed E-state index contributed by atoms with van der Waals surface area (Å²) in [6.45, 7) is 0. The molecule has 2 rings (SSSR count). The fraction of sp³-hybridized carbons (Fsp3) is 0.625. The van der Waals surface area contributed by atoms with Crippen molar-refractivity contribution in [2.75, 3.05) is 14.2 Å². The molecule has 106 valence electrons. The van der Waals surface area contributed by atoms with E-state index in [2.05, 4.69) is 0 Å². The highest BCUT2D eigenvalue weighted by Crippen LogP contribution is 2.38. The average Bonchev–Trinajstić information content (AvgIpc) is 2.74. The molecular formula is C16H24O3. The highest BCUT2D eigenvalue weighted by atomic mass is 16.5. The molecule has 0 spiro atoms. The second-order valence-electron chi connectivity index (χ2n) is 5.30. The van der Waals surface area contributed by atoms with Crippen LogP contribution in [-0.2, 0) is 0 Å². The van der Waals surface area contributed by atoms with Crippen molar-refractivity contribution in [3.05, 3.63) is 23.8 Å². The van der Waals surface area contributed by atoms with Gasteiger partial charge in [-0.2, -0.15) is 0 Å². The van der Waals surface area contributed by atoms with E-state index in [9.17, 15) is 5.11 Å². The largest absolute Gasteiger partial charge is 0.497 e. The molecule has 0 saturated heterocycles. The summed E-state index contributed by atoms with van der Waals surface area (Å²) in [6, 6.07) is 5.65. The van der Waals surface area contributed by atoms with Crippen LogP contribution in [0.3, 0.4) is 0 Å². The van der Waals surface area contributed by atoms with Gasteiger partial charge in [-0.25, -0.2) is 0 Å². The molecule has 1 aliphatic carbocycles. The molecule has 1 atom stereocenters. The minimum atomic E-state index is -0.432. The zero-order chi connectivity index (χ0) is 13.7. The Hall–Kier alpha value is -1.22. The smallest absolute Gasteiger partial charge is 0.128 e. The molecular weight excluding hydrogens is 240 g/mol. The van der Waals surface area contributed by atoms with E-state index in [0.29, 0.717) is 5.92 Å². The summed E-state index contributed by atoms with van der Waals surface area (Å²) in [4.78, 5) is 0. The third kappa shape index (κ3) is 3.41. The van der Waals surface area contributed by atoms with E-state index in [0.717, 1.165) is 29.9 Å². The maximum absolute atomic E-state index is 10.6. The molecule has 1 aromatic rings. The van der Waals surface area contributed by atoms with Crippen molar-refractivity contribution < 1.29 is 14.6 Å². The fourth-order valence-corrected chi connectivity index (χ4v) is 2.94. The molecule has 3 heteroatoms. The molecule has 3 nitrogen and oxygen atoms in total. The molecule has 0 aromatic heterocycles. The van der Waals surface area contributed by atoms with Crippen LogP contribution in [0.2, 0.25) is 0 Å². The van der Waals surface area contributed by atoms with Gasteiger partial charge < -0.3 is 14.6 Å². The second-order valence-corrected chi connectivity index (χ2v) is 5.30. The van der Waals surface area contributed by atoms with Crippen LogP contribution in [0.25, 0.3) is 0 Å². The molecule has 1 aromatic carbocycles. The molecule has 1 N–H and O–H groups in total. The molecule has 0 amide bonds. The summed E-state index contributed by atoms with van der Waals surface area (Å²) in [6.07, 6.45) is 6.82. The Morgan fingerprint density at radius 2 is 1.74 bits per heavy atom. The fourth-order valence-electron chi connectivity index (χ4n) is 2.94. The van der Waals surface area contributed by atoms with Crippen LogP contribution in [0.5, 0.6) is 11.5 Å². The minimum Gasteiger partial charge on any atom is -0.497 e. The van der Waals surface area contributed by atoms with Crippen molar-refractivity contribution in [1.29, 1.82) is 0 Å². The van der Waals surface area contributed by atoms with Crippen molar-refractivity contribution in [3.8, 4) is 11.5 Å². The summed E-state index contributed by atoms with van der Waals surface area (Å²) >= 11 is 0. The number of rotatable bonds is 4. The Labute approximate surface area is 115 Å². The molecule has 19 heavy (non-hydrogen) atoms. The van der Waals surface area contributed by atoms with Crippen LogP contribution in [-0.4, -0.2) is 19.3 Å². The topological polar surface area (TPSA) is 38.7 Å². The van der Waals surface area contributed by atoms with Gasteiger partial charge in [0.2, 0.25) is 0 Å². The predicted octanol–water partition coefficient (Wildman–Crippen LogP) is 3.71. The molecule has 1 unspecified atom stereocenters. The summed E-state index contributed by atoms with van der Waals surface area (Å²) in [5.74, 6) is 1.83. The normalized spacial score (nSPS) is 18.7. The summed E-state index contributed by atoms with van der Waals surface area (Å²) in [7, 11) is 3.27. The zero-order valence-electron chi connectivity index (χ0n) is 11.9. The zero-order valence-corrected chi connectivity index (χ0v) is 11.9. The lowest BCUT2D eigenvalue weighted by Gasteiger charge is -2.23. The minimum absolute atomic E-state index is 0.352. The molecule has 1 saturated carbocycles.